The molecule has 2 aromatic rings. The first-order valence-electron chi connectivity index (χ1n) is 6.54. The molecule has 0 atom stereocenters. The molecule has 8 heteroatoms. The molecule has 0 aliphatic rings. The number of hydrazine groups is 1. The molecule has 0 saturated heterocycles. The number of allylic oxidation sites excluding steroid dienone is 1. The molecule has 0 saturated carbocycles. The molecule has 0 unspecified atom stereocenters. The van der Waals surface area contributed by atoms with Gasteiger partial charge in [-0.25, -0.2) is 4.98 Å². The molecule has 0 radical (unpaired) electrons. The highest BCUT2D eigenvalue weighted by Gasteiger charge is 2.06. The van der Waals surface area contributed by atoms with Crippen molar-refractivity contribution in [1.29, 1.82) is 5.26 Å². The second-order valence-corrected chi connectivity index (χ2v) is 5.69. The first-order chi connectivity index (χ1) is 11.1. The molecule has 118 valence electrons. The standard InChI is InChI=1S/C15H13ClN4O2S/c1-10-9-23-15(19-10)11(6-17)7-18-20-14(21)8-22-13-4-2-12(16)3-5-13/h2-5,7,9,18H,8H2,1H3,(H,20,21)/b11-7+. The van der Waals surface area contributed by atoms with Crippen molar-refractivity contribution in [3.8, 4) is 11.8 Å². The lowest BCUT2D eigenvalue weighted by molar-refractivity contribution is -0.123. The number of hydrogen-bond acceptors (Lipinski definition) is 6. The molecule has 6 nitrogen and oxygen atoms in total. The molecular weight excluding hydrogens is 336 g/mol. The molecule has 1 aromatic carbocycles. The van der Waals surface area contributed by atoms with Crippen molar-refractivity contribution in [3.63, 3.8) is 0 Å². The average Bonchev–Trinajstić information content (AvgIpc) is 2.97. The van der Waals surface area contributed by atoms with Gasteiger partial charge < -0.3 is 10.2 Å². The van der Waals surface area contributed by atoms with E-state index in [0.717, 1.165) is 5.69 Å². The Morgan fingerprint density at radius 1 is 1.48 bits per heavy atom. The van der Waals surface area contributed by atoms with E-state index in [1.165, 1.54) is 17.5 Å². The van der Waals surface area contributed by atoms with Crippen LogP contribution >= 0.6 is 22.9 Å². The van der Waals surface area contributed by atoms with Gasteiger partial charge in [0, 0.05) is 22.3 Å². The third-order valence-electron chi connectivity index (χ3n) is 2.58. The molecule has 0 spiro atoms. The second kappa shape index (κ2) is 8.17. The average molecular weight is 349 g/mol. The smallest absolute Gasteiger partial charge is 0.276 e. The van der Waals surface area contributed by atoms with Gasteiger partial charge in [0.05, 0.1) is 0 Å². The van der Waals surface area contributed by atoms with E-state index in [2.05, 4.69) is 15.8 Å². The van der Waals surface area contributed by atoms with Crippen LogP contribution in [0.15, 0.2) is 35.8 Å². The van der Waals surface area contributed by atoms with Crippen molar-refractivity contribution in [2.24, 2.45) is 0 Å². The molecule has 2 rings (SSSR count). The van der Waals surface area contributed by atoms with E-state index in [9.17, 15) is 4.79 Å². The minimum Gasteiger partial charge on any atom is -0.484 e. The fourth-order valence-electron chi connectivity index (χ4n) is 1.52. The summed E-state index contributed by atoms with van der Waals surface area (Å²) in [6, 6.07) is 8.70. The first kappa shape index (κ1) is 16.8. The number of aryl methyl sites for hydroxylation is 1. The van der Waals surface area contributed by atoms with Crippen LogP contribution in [0, 0.1) is 18.3 Å². The summed E-state index contributed by atoms with van der Waals surface area (Å²) >= 11 is 7.12. The van der Waals surface area contributed by atoms with Crippen molar-refractivity contribution in [3.05, 3.63) is 51.6 Å². The summed E-state index contributed by atoms with van der Waals surface area (Å²) in [5.74, 6) is 0.153. The van der Waals surface area contributed by atoms with Crippen LogP contribution in [0.2, 0.25) is 5.02 Å². The Balaban J connectivity index is 1.80. The number of amides is 1. The van der Waals surface area contributed by atoms with Crippen LogP contribution in [-0.2, 0) is 4.79 Å². The zero-order chi connectivity index (χ0) is 16.7. The Hall–Kier alpha value is -2.56. The summed E-state index contributed by atoms with van der Waals surface area (Å²) in [6.07, 6.45) is 1.39. The number of ether oxygens (including phenoxy) is 1. The van der Waals surface area contributed by atoms with Crippen LogP contribution in [0.3, 0.4) is 0 Å². The molecule has 23 heavy (non-hydrogen) atoms. The maximum Gasteiger partial charge on any atom is 0.276 e. The Kier molecular flexibility index (Phi) is 5.97. The Morgan fingerprint density at radius 3 is 2.83 bits per heavy atom. The maximum absolute atomic E-state index is 11.6. The molecule has 0 fully saturated rings. The Labute approximate surface area is 142 Å². The lowest BCUT2D eigenvalue weighted by atomic mass is 10.3. The molecule has 1 aromatic heterocycles. The first-order valence-corrected chi connectivity index (χ1v) is 7.80. The SMILES string of the molecule is Cc1csc(/C(C#N)=C/NNC(=O)COc2ccc(Cl)cc2)n1. The highest BCUT2D eigenvalue weighted by Crippen LogP contribution is 2.17. The third-order valence-corrected chi connectivity index (χ3v) is 3.83. The van der Waals surface area contributed by atoms with Gasteiger partial charge in [-0.3, -0.25) is 10.2 Å². The van der Waals surface area contributed by atoms with Gasteiger partial charge in [-0.1, -0.05) is 11.6 Å². The summed E-state index contributed by atoms with van der Waals surface area (Å²) < 4.78 is 5.29. The van der Waals surface area contributed by atoms with E-state index >= 15 is 0 Å². The molecule has 1 amide bonds. The van der Waals surface area contributed by atoms with Gasteiger partial charge in [-0.05, 0) is 31.2 Å². The van der Waals surface area contributed by atoms with Gasteiger partial charge in [0.15, 0.2) is 6.61 Å². The zero-order valence-corrected chi connectivity index (χ0v) is 13.7. The normalized spacial score (nSPS) is 10.7. The van der Waals surface area contributed by atoms with Gasteiger partial charge in [0.1, 0.15) is 22.4 Å². The maximum atomic E-state index is 11.6. The van der Waals surface area contributed by atoms with Crippen molar-refractivity contribution in [2.45, 2.75) is 6.92 Å². The zero-order valence-electron chi connectivity index (χ0n) is 12.2. The van der Waals surface area contributed by atoms with E-state index in [-0.39, 0.29) is 12.5 Å². The van der Waals surface area contributed by atoms with Crippen LogP contribution < -0.4 is 15.6 Å². The number of hydrogen-bond donors (Lipinski definition) is 2. The largest absolute Gasteiger partial charge is 0.484 e. The predicted molar refractivity (Wildman–Crippen MR) is 88.7 cm³/mol. The van der Waals surface area contributed by atoms with Gasteiger partial charge in [0.2, 0.25) is 0 Å². The number of thiazole rings is 1. The number of benzene rings is 1. The third kappa shape index (κ3) is 5.29. The van der Waals surface area contributed by atoms with E-state index in [4.69, 9.17) is 21.6 Å². The summed E-state index contributed by atoms with van der Waals surface area (Å²) in [7, 11) is 0. The fourth-order valence-corrected chi connectivity index (χ4v) is 2.41. The van der Waals surface area contributed by atoms with Gasteiger partial charge in [-0.15, -0.1) is 11.3 Å². The van der Waals surface area contributed by atoms with Crippen molar-refractivity contribution >= 4 is 34.4 Å². The highest BCUT2D eigenvalue weighted by molar-refractivity contribution is 7.10. The number of carbonyl (C=O) groups is 1. The van der Waals surface area contributed by atoms with Crippen molar-refractivity contribution < 1.29 is 9.53 Å². The van der Waals surface area contributed by atoms with E-state index in [0.29, 0.717) is 21.4 Å². The van der Waals surface area contributed by atoms with Crippen LogP contribution in [0.4, 0.5) is 0 Å². The quantitative estimate of drug-likeness (QED) is 0.619. The lowest BCUT2D eigenvalue weighted by Gasteiger charge is -2.07. The lowest BCUT2D eigenvalue weighted by Crippen LogP contribution is -2.37. The molecular formula is C15H13ClN4O2S. The van der Waals surface area contributed by atoms with Crippen molar-refractivity contribution in [2.75, 3.05) is 6.61 Å². The van der Waals surface area contributed by atoms with Crippen LogP contribution in [-0.4, -0.2) is 17.5 Å². The summed E-state index contributed by atoms with van der Waals surface area (Å²) in [4.78, 5) is 15.8. The van der Waals surface area contributed by atoms with Gasteiger partial charge >= 0.3 is 0 Å². The Bertz CT molecular complexity index is 750. The number of nitriles is 1. The highest BCUT2D eigenvalue weighted by atomic mass is 35.5. The minimum absolute atomic E-state index is 0.166. The van der Waals surface area contributed by atoms with E-state index < -0.39 is 0 Å². The summed E-state index contributed by atoms with van der Waals surface area (Å²) in [5.41, 5.74) is 6.16. The molecule has 2 N–H and O–H groups in total. The van der Waals surface area contributed by atoms with E-state index in [1.54, 1.807) is 24.3 Å². The molecule has 0 bridgehead atoms. The summed E-state index contributed by atoms with van der Waals surface area (Å²) in [6.45, 7) is 1.68. The van der Waals surface area contributed by atoms with Gasteiger partial charge in [-0.2, -0.15) is 5.26 Å². The van der Waals surface area contributed by atoms with Crippen LogP contribution in [0.25, 0.3) is 5.57 Å². The van der Waals surface area contributed by atoms with Crippen LogP contribution in [0.5, 0.6) is 5.75 Å². The van der Waals surface area contributed by atoms with Crippen LogP contribution in [0.1, 0.15) is 10.7 Å². The Morgan fingerprint density at radius 2 is 2.22 bits per heavy atom. The number of carbonyl (C=O) groups excluding carboxylic acids is 1. The van der Waals surface area contributed by atoms with E-state index in [1.807, 2.05) is 18.4 Å². The summed E-state index contributed by atoms with van der Waals surface area (Å²) in [5, 5.41) is 12.1. The van der Waals surface area contributed by atoms with Gasteiger partial charge in [0.25, 0.3) is 5.91 Å². The number of nitrogens with zero attached hydrogens (tertiary/aromatic N) is 2. The number of nitrogens with one attached hydrogen (secondary N) is 2. The topological polar surface area (TPSA) is 87.0 Å². The van der Waals surface area contributed by atoms with Crippen molar-refractivity contribution in [1.82, 2.24) is 15.8 Å². The molecule has 1 heterocycles. The molecule has 0 aliphatic heterocycles. The fraction of sp³-hybridized carbons (Fsp3) is 0.133. The predicted octanol–water partition coefficient (Wildman–Crippen LogP) is 2.67. The number of rotatable bonds is 6. The number of aromatic nitrogens is 1. The second-order valence-electron chi connectivity index (χ2n) is 4.40. The number of halogens is 1. The molecule has 0 aliphatic carbocycles. The monoisotopic (exact) mass is 348 g/mol. The minimum atomic E-state index is -0.385.